The zero-order valence-electron chi connectivity index (χ0n) is 23.3. The molecule has 0 aromatic heterocycles. The van der Waals surface area contributed by atoms with Gasteiger partial charge < -0.3 is 18.8 Å². The predicted molar refractivity (Wildman–Crippen MR) is 152 cm³/mol. The van der Waals surface area contributed by atoms with E-state index in [1.165, 1.54) is 40.0 Å². The Labute approximate surface area is 243 Å². The van der Waals surface area contributed by atoms with E-state index in [1.54, 1.807) is 7.11 Å². The Hall–Kier alpha value is -1.95. The van der Waals surface area contributed by atoms with Gasteiger partial charge >= 0.3 is 11.2 Å². The molecule has 4 aliphatic carbocycles. The van der Waals surface area contributed by atoms with Gasteiger partial charge in [-0.3, -0.25) is 4.79 Å². The van der Waals surface area contributed by atoms with Gasteiger partial charge in [-0.25, -0.2) is 8.42 Å². The molecular formula is C30H38F2O7S2. The normalized spacial score (nSPS) is 27.5. The van der Waals surface area contributed by atoms with E-state index < -0.39 is 33.4 Å². The summed E-state index contributed by atoms with van der Waals surface area (Å²) in [5.74, 6) is 4.24. The van der Waals surface area contributed by atoms with Crippen molar-refractivity contribution in [3.8, 4) is 5.75 Å². The maximum absolute atomic E-state index is 13.1. The van der Waals surface area contributed by atoms with Crippen molar-refractivity contribution in [2.24, 2.45) is 23.2 Å². The number of ether oxygens (including phenoxy) is 3. The summed E-state index contributed by atoms with van der Waals surface area (Å²) in [5, 5.41) is -1.96. The smallest absolute Gasteiger partial charge is 0.367 e. The van der Waals surface area contributed by atoms with Crippen LogP contribution in [0.2, 0.25) is 0 Å². The first-order valence-electron chi connectivity index (χ1n) is 14.3. The average molecular weight is 613 g/mol. The molecule has 7 nitrogen and oxygen atoms in total. The molecule has 4 bridgehead atoms. The lowest BCUT2D eigenvalue weighted by Gasteiger charge is -2.55. The predicted octanol–water partition coefficient (Wildman–Crippen LogP) is 5.52. The van der Waals surface area contributed by atoms with Crippen LogP contribution in [0.3, 0.4) is 0 Å². The summed E-state index contributed by atoms with van der Waals surface area (Å²) in [4.78, 5) is 13.7. The van der Waals surface area contributed by atoms with Crippen molar-refractivity contribution in [1.29, 1.82) is 0 Å². The molecule has 2 aromatic rings. The zero-order chi connectivity index (χ0) is 29.3. The van der Waals surface area contributed by atoms with Crippen LogP contribution < -0.4 is 4.74 Å². The Morgan fingerprint density at radius 2 is 1.56 bits per heavy atom. The van der Waals surface area contributed by atoms with E-state index in [-0.39, 0.29) is 0 Å². The van der Waals surface area contributed by atoms with Crippen LogP contribution in [0.1, 0.15) is 51.4 Å². The van der Waals surface area contributed by atoms with Crippen LogP contribution in [-0.4, -0.2) is 62.6 Å². The fourth-order valence-corrected chi connectivity index (χ4v) is 10.2. The molecule has 7 rings (SSSR count). The number of rotatable bonds is 9. The average Bonchev–Trinajstić information content (AvgIpc) is 3.46. The number of alkyl halides is 2. The third kappa shape index (κ3) is 6.68. The fraction of sp³-hybridized carbons (Fsp3) is 0.633. The van der Waals surface area contributed by atoms with E-state index in [4.69, 9.17) is 9.47 Å². The Morgan fingerprint density at radius 3 is 2.12 bits per heavy atom. The number of esters is 1. The molecule has 11 heteroatoms. The summed E-state index contributed by atoms with van der Waals surface area (Å²) >= 11 is 0. The van der Waals surface area contributed by atoms with E-state index in [1.807, 2.05) is 0 Å². The third-order valence-corrected chi connectivity index (χ3v) is 12.3. The van der Waals surface area contributed by atoms with Gasteiger partial charge in [0, 0.05) is 28.8 Å². The monoisotopic (exact) mass is 612 g/mol. The van der Waals surface area contributed by atoms with Crippen molar-refractivity contribution in [1.82, 2.24) is 0 Å². The van der Waals surface area contributed by atoms with Crippen molar-refractivity contribution >= 4 is 37.8 Å². The molecule has 2 aromatic carbocycles. The molecule has 1 saturated heterocycles. The Morgan fingerprint density at radius 1 is 0.976 bits per heavy atom. The minimum atomic E-state index is -5.81. The van der Waals surface area contributed by atoms with Crippen LogP contribution in [-0.2, 0) is 35.3 Å². The van der Waals surface area contributed by atoms with Crippen LogP contribution in [0.5, 0.6) is 5.75 Å². The molecule has 226 valence electrons. The SMILES string of the molecule is COCCOc1ccc([S+]2CCCC2)c2ccccc12.O=C(OCC(F)(F)S(=O)(=O)[O-])C12CC3CC(CC(C3)C1)C2. The first-order valence-corrected chi connectivity index (χ1v) is 17.3. The van der Waals surface area contributed by atoms with Crippen molar-refractivity contribution in [2.75, 3.05) is 38.4 Å². The number of benzene rings is 2. The number of carbonyl (C=O) groups excluding carboxylic acids is 1. The number of carbonyl (C=O) groups is 1. The highest BCUT2D eigenvalue weighted by Gasteiger charge is 2.56. The van der Waals surface area contributed by atoms with Gasteiger partial charge in [-0.15, -0.1) is 0 Å². The van der Waals surface area contributed by atoms with Crippen LogP contribution in [0.25, 0.3) is 10.8 Å². The van der Waals surface area contributed by atoms with E-state index in [2.05, 4.69) is 41.1 Å². The molecular weight excluding hydrogens is 574 g/mol. The molecule has 41 heavy (non-hydrogen) atoms. The molecule has 1 aliphatic heterocycles. The lowest BCUT2D eigenvalue weighted by molar-refractivity contribution is -0.176. The molecule has 0 atom stereocenters. The third-order valence-electron chi connectivity index (χ3n) is 8.94. The van der Waals surface area contributed by atoms with E-state index >= 15 is 0 Å². The van der Waals surface area contributed by atoms with Gasteiger partial charge in [-0.2, -0.15) is 8.78 Å². The standard InChI is InChI=1S/C17H21O2S.C13H18F2O5S/c1-18-10-11-19-16-8-9-17(20-12-4-5-13-20)15-7-3-2-6-14(15)16;14-13(15,21(17,18)19)7-20-11(16)12-4-8-1-9(5-12)3-10(2-8)6-12/h2-3,6-9H,4-5,10-13H2,1H3;8-10H,1-7H2,(H,17,18,19)/q+1;/p-1. The lowest BCUT2D eigenvalue weighted by Crippen LogP contribution is -2.51. The Balaban J connectivity index is 0.000000165. The van der Waals surface area contributed by atoms with Crippen LogP contribution >= 0.6 is 0 Å². The summed E-state index contributed by atoms with van der Waals surface area (Å²) < 4.78 is 72.9. The first-order chi connectivity index (χ1) is 19.5. The minimum absolute atomic E-state index is 0.438. The summed E-state index contributed by atoms with van der Waals surface area (Å²) in [6, 6.07) is 13.0. The van der Waals surface area contributed by atoms with Crippen LogP contribution in [0, 0.1) is 23.2 Å². The molecule has 5 fully saturated rings. The van der Waals surface area contributed by atoms with Gasteiger partial charge in [0.1, 0.15) is 23.9 Å². The Kier molecular flexibility index (Phi) is 9.18. The second kappa shape index (κ2) is 12.3. The molecule has 4 saturated carbocycles. The lowest BCUT2D eigenvalue weighted by atomic mass is 9.49. The van der Waals surface area contributed by atoms with Gasteiger partial charge in [-0.1, -0.05) is 18.2 Å². The first kappa shape index (κ1) is 30.5. The second-order valence-electron chi connectivity index (χ2n) is 11.9. The molecule has 0 amide bonds. The molecule has 0 N–H and O–H groups in total. The van der Waals surface area contributed by atoms with Gasteiger partial charge in [0.05, 0.1) is 12.0 Å². The second-order valence-corrected chi connectivity index (χ2v) is 15.7. The molecule has 0 radical (unpaired) electrons. The molecule has 1 heterocycles. The summed E-state index contributed by atoms with van der Waals surface area (Å²) in [7, 11) is -3.68. The number of hydrogen-bond acceptors (Lipinski definition) is 7. The molecule has 0 unspecified atom stereocenters. The number of hydrogen-bond donors (Lipinski definition) is 0. The highest BCUT2D eigenvalue weighted by molar-refractivity contribution is 7.97. The van der Waals surface area contributed by atoms with Crippen molar-refractivity contribution in [3.63, 3.8) is 0 Å². The van der Waals surface area contributed by atoms with E-state index in [9.17, 15) is 26.5 Å². The van der Waals surface area contributed by atoms with Crippen molar-refractivity contribution in [2.45, 2.75) is 61.5 Å². The summed E-state index contributed by atoms with van der Waals surface area (Å²) in [6.07, 6.45) is 7.90. The largest absolute Gasteiger partial charge is 0.743 e. The maximum atomic E-state index is 13.1. The summed E-state index contributed by atoms with van der Waals surface area (Å²) in [6.45, 7) is -0.453. The maximum Gasteiger partial charge on any atom is 0.367 e. The number of halogens is 2. The number of methoxy groups -OCH3 is 1. The Bertz CT molecular complexity index is 1310. The van der Waals surface area contributed by atoms with Gasteiger partial charge in [-0.05, 0) is 87.3 Å². The van der Waals surface area contributed by atoms with Gasteiger partial charge in [0.2, 0.25) is 0 Å². The molecule has 0 spiro atoms. The zero-order valence-corrected chi connectivity index (χ0v) is 25.0. The summed E-state index contributed by atoms with van der Waals surface area (Å²) in [5.41, 5.74) is -0.739. The van der Waals surface area contributed by atoms with Crippen LogP contribution in [0.4, 0.5) is 8.78 Å². The van der Waals surface area contributed by atoms with Gasteiger partial charge in [0.25, 0.3) is 0 Å². The highest BCUT2D eigenvalue weighted by Crippen LogP contribution is 2.60. The van der Waals surface area contributed by atoms with Gasteiger partial charge in [0.15, 0.2) is 21.6 Å². The highest BCUT2D eigenvalue weighted by atomic mass is 32.2. The van der Waals surface area contributed by atoms with E-state index in [0.717, 1.165) is 25.0 Å². The van der Waals surface area contributed by atoms with E-state index in [0.29, 0.717) is 61.1 Å². The minimum Gasteiger partial charge on any atom is -0.743 e. The van der Waals surface area contributed by atoms with Crippen molar-refractivity contribution < 1.29 is 40.8 Å². The number of fused-ring (bicyclic) bond motifs is 1. The van der Waals surface area contributed by atoms with Crippen LogP contribution in [0.15, 0.2) is 41.3 Å². The van der Waals surface area contributed by atoms with Crippen molar-refractivity contribution in [3.05, 3.63) is 36.4 Å². The topological polar surface area (TPSA) is 102 Å². The quantitative estimate of drug-likeness (QED) is 0.159. The fourth-order valence-electron chi connectivity index (χ4n) is 7.47. The molecule has 5 aliphatic rings.